The Morgan fingerprint density at radius 3 is 2.70 bits per heavy atom. The number of hydrogen-bond acceptors (Lipinski definition) is 3. The molecule has 2 heterocycles. The van der Waals surface area contributed by atoms with Gasteiger partial charge in [-0.15, -0.1) is 0 Å². The van der Waals surface area contributed by atoms with Crippen LogP contribution in [0.25, 0.3) is 0 Å². The largest absolute Gasteiger partial charge is 0.375 e. The Morgan fingerprint density at radius 2 is 2.05 bits per heavy atom. The highest BCUT2D eigenvalue weighted by Gasteiger charge is 2.53. The first-order chi connectivity index (χ1) is 9.49. The highest BCUT2D eigenvalue weighted by Crippen LogP contribution is 2.42. The van der Waals surface area contributed by atoms with E-state index in [4.69, 9.17) is 4.74 Å². The summed E-state index contributed by atoms with van der Waals surface area (Å²) in [5.74, 6) is 0.170. The van der Waals surface area contributed by atoms with Crippen molar-refractivity contribution in [1.29, 1.82) is 0 Å². The summed E-state index contributed by atoms with van der Waals surface area (Å²) in [7, 11) is 0. The number of halogens is 1. The van der Waals surface area contributed by atoms with E-state index in [1.807, 2.05) is 0 Å². The summed E-state index contributed by atoms with van der Waals surface area (Å²) < 4.78 is 19.9. The van der Waals surface area contributed by atoms with E-state index in [0.29, 0.717) is 44.5 Å². The summed E-state index contributed by atoms with van der Waals surface area (Å²) in [6.07, 6.45) is 1.81. The Morgan fingerprint density at radius 1 is 1.30 bits per heavy atom. The Bertz CT molecular complexity index is 384. The molecular formula is C15H25FN2O2. The Labute approximate surface area is 120 Å². The maximum absolute atomic E-state index is 13.9. The quantitative estimate of drug-likeness (QED) is 0.769. The molecule has 3 fully saturated rings. The molecule has 1 amide bonds. The molecule has 0 N–H and O–H groups in total. The molecule has 1 saturated carbocycles. The van der Waals surface area contributed by atoms with Crippen molar-refractivity contribution in [3.8, 4) is 0 Å². The van der Waals surface area contributed by atoms with Crippen molar-refractivity contribution < 1.29 is 13.9 Å². The second kappa shape index (κ2) is 5.26. The Kier molecular flexibility index (Phi) is 3.75. The van der Waals surface area contributed by atoms with E-state index < -0.39 is 5.67 Å². The number of ether oxygens (including phenoxy) is 1. The molecule has 4 nitrogen and oxygen atoms in total. The van der Waals surface area contributed by atoms with Gasteiger partial charge in [0.2, 0.25) is 0 Å². The molecule has 114 valence electrons. The molecule has 0 spiro atoms. The fourth-order valence-electron chi connectivity index (χ4n) is 3.34. The van der Waals surface area contributed by atoms with Gasteiger partial charge in [-0.05, 0) is 33.1 Å². The molecule has 2 aliphatic heterocycles. The van der Waals surface area contributed by atoms with Crippen LogP contribution in [-0.2, 0) is 9.53 Å². The van der Waals surface area contributed by atoms with Crippen LogP contribution in [0.3, 0.4) is 0 Å². The van der Waals surface area contributed by atoms with Gasteiger partial charge in [0.25, 0.3) is 5.91 Å². The third-order valence-electron chi connectivity index (χ3n) is 4.97. The number of carbonyl (C=O) groups excluding carboxylic acids is 1. The van der Waals surface area contributed by atoms with Crippen LogP contribution in [0.5, 0.6) is 0 Å². The highest BCUT2D eigenvalue weighted by atomic mass is 19.1. The fourth-order valence-corrected chi connectivity index (χ4v) is 3.34. The summed E-state index contributed by atoms with van der Waals surface area (Å²) in [5.41, 5.74) is -1.54. The van der Waals surface area contributed by atoms with Crippen LogP contribution in [0.4, 0.5) is 4.39 Å². The first kappa shape index (κ1) is 14.3. The fraction of sp³-hybridized carbons (Fsp3) is 0.933. The maximum Gasteiger partial charge on any atom is 0.260 e. The van der Waals surface area contributed by atoms with Crippen LogP contribution in [0, 0.1) is 5.92 Å². The lowest BCUT2D eigenvalue weighted by Gasteiger charge is -2.39. The van der Waals surface area contributed by atoms with E-state index in [-0.39, 0.29) is 12.0 Å². The number of hydrogen-bond donors (Lipinski definition) is 0. The number of rotatable bonds is 2. The number of fused-ring (bicyclic) bond motifs is 1. The minimum atomic E-state index is -1.54. The Balaban J connectivity index is 1.62. The van der Waals surface area contributed by atoms with E-state index in [1.165, 1.54) is 0 Å². The summed E-state index contributed by atoms with van der Waals surface area (Å²) in [4.78, 5) is 16.2. The molecule has 3 aliphatic rings. The minimum absolute atomic E-state index is 0.0822. The van der Waals surface area contributed by atoms with Crippen molar-refractivity contribution in [3.63, 3.8) is 0 Å². The second-order valence-corrected chi connectivity index (χ2v) is 6.76. The smallest absolute Gasteiger partial charge is 0.260 e. The van der Waals surface area contributed by atoms with Gasteiger partial charge in [-0.1, -0.05) is 0 Å². The molecule has 0 radical (unpaired) electrons. The van der Waals surface area contributed by atoms with Crippen LogP contribution < -0.4 is 0 Å². The summed E-state index contributed by atoms with van der Waals surface area (Å²) in [5, 5.41) is 0. The lowest BCUT2D eigenvalue weighted by atomic mass is 9.92. The van der Waals surface area contributed by atoms with Gasteiger partial charge in [0.15, 0.2) is 5.67 Å². The SMILES string of the molecule is CC(C)N1CCOC2CN(C(=O)C3(F)CC3)CCC2C1. The normalized spacial score (nSPS) is 33.7. The zero-order chi connectivity index (χ0) is 14.3. The third kappa shape index (κ3) is 2.70. The maximum atomic E-state index is 13.9. The molecule has 2 unspecified atom stereocenters. The molecule has 1 aliphatic carbocycles. The van der Waals surface area contributed by atoms with Crippen LogP contribution >= 0.6 is 0 Å². The molecule has 0 aromatic rings. The molecule has 0 aromatic carbocycles. The lowest BCUT2D eigenvalue weighted by molar-refractivity contribution is -0.143. The number of alkyl halides is 1. The van der Waals surface area contributed by atoms with Crippen LogP contribution in [0.1, 0.15) is 33.1 Å². The summed E-state index contributed by atoms with van der Waals surface area (Å²) in [6.45, 7) is 8.36. The van der Waals surface area contributed by atoms with E-state index in [0.717, 1.165) is 19.5 Å². The van der Waals surface area contributed by atoms with Gasteiger partial charge in [0, 0.05) is 38.1 Å². The van der Waals surface area contributed by atoms with Gasteiger partial charge in [0.05, 0.1) is 12.7 Å². The van der Waals surface area contributed by atoms with Gasteiger partial charge in [-0.3, -0.25) is 9.69 Å². The number of likely N-dealkylation sites (tertiary alicyclic amines) is 1. The van der Waals surface area contributed by atoms with Gasteiger partial charge in [-0.25, -0.2) is 4.39 Å². The average Bonchev–Trinajstić information content (AvgIpc) is 3.19. The molecule has 3 rings (SSSR count). The predicted octanol–water partition coefficient (Wildman–Crippen LogP) is 1.45. The summed E-state index contributed by atoms with van der Waals surface area (Å²) in [6, 6.07) is 0.526. The minimum Gasteiger partial charge on any atom is -0.375 e. The molecule has 2 atom stereocenters. The standard InChI is InChI=1S/C15H25FN2O2/c1-11(2)17-7-8-20-13-10-18(6-3-12(13)9-17)14(19)15(16)4-5-15/h11-13H,3-10H2,1-2H3. The zero-order valence-electron chi connectivity index (χ0n) is 12.5. The van der Waals surface area contributed by atoms with Crippen molar-refractivity contribution in [2.24, 2.45) is 5.92 Å². The van der Waals surface area contributed by atoms with Crippen LogP contribution in [0.2, 0.25) is 0 Å². The van der Waals surface area contributed by atoms with Gasteiger partial charge in [0.1, 0.15) is 0 Å². The lowest BCUT2D eigenvalue weighted by Crippen LogP contribution is -2.51. The van der Waals surface area contributed by atoms with Crippen LogP contribution in [0.15, 0.2) is 0 Å². The number of nitrogens with zero attached hydrogens (tertiary/aromatic N) is 2. The molecule has 2 saturated heterocycles. The summed E-state index contributed by atoms with van der Waals surface area (Å²) >= 11 is 0. The van der Waals surface area contributed by atoms with Crippen molar-refractivity contribution in [2.45, 2.75) is 50.9 Å². The number of carbonyl (C=O) groups is 1. The number of amides is 1. The van der Waals surface area contributed by atoms with E-state index in [9.17, 15) is 9.18 Å². The third-order valence-corrected chi connectivity index (χ3v) is 4.97. The molecular weight excluding hydrogens is 259 g/mol. The van der Waals surface area contributed by atoms with E-state index in [1.54, 1.807) is 4.90 Å². The van der Waals surface area contributed by atoms with E-state index >= 15 is 0 Å². The van der Waals surface area contributed by atoms with Crippen molar-refractivity contribution in [3.05, 3.63) is 0 Å². The van der Waals surface area contributed by atoms with Gasteiger partial charge >= 0.3 is 0 Å². The monoisotopic (exact) mass is 284 g/mol. The first-order valence-electron chi connectivity index (χ1n) is 7.83. The molecule has 0 bridgehead atoms. The van der Waals surface area contributed by atoms with Crippen molar-refractivity contribution in [1.82, 2.24) is 9.80 Å². The first-order valence-corrected chi connectivity index (χ1v) is 7.83. The average molecular weight is 284 g/mol. The van der Waals surface area contributed by atoms with Gasteiger partial charge < -0.3 is 9.64 Å². The number of piperidine rings is 1. The van der Waals surface area contributed by atoms with E-state index in [2.05, 4.69) is 18.7 Å². The van der Waals surface area contributed by atoms with Crippen LogP contribution in [-0.4, -0.2) is 66.3 Å². The topological polar surface area (TPSA) is 32.8 Å². The highest BCUT2D eigenvalue weighted by molar-refractivity contribution is 5.88. The zero-order valence-corrected chi connectivity index (χ0v) is 12.5. The predicted molar refractivity (Wildman–Crippen MR) is 74.2 cm³/mol. The second-order valence-electron chi connectivity index (χ2n) is 6.76. The van der Waals surface area contributed by atoms with Crippen molar-refractivity contribution in [2.75, 3.05) is 32.8 Å². The van der Waals surface area contributed by atoms with Gasteiger partial charge in [-0.2, -0.15) is 0 Å². The molecule has 0 aromatic heterocycles. The van der Waals surface area contributed by atoms with Crippen molar-refractivity contribution >= 4 is 5.91 Å². The Hall–Kier alpha value is -0.680. The molecule has 5 heteroatoms. The molecule has 20 heavy (non-hydrogen) atoms.